The number of nitriles is 1. The summed E-state index contributed by atoms with van der Waals surface area (Å²) in [6.07, 6.45) is 8.19. The van der Waals surface area contributed by atoms with Crippen LogP contribution in [-0.2, 0) is 6.54 Å². The molecular formula is C19H19N5. The van der Waals surface area contributed by atoms with Gasteiger partial charge in [0.1, 0.15) is 23.0 Å². The van der Waals surface area contributed by atoms with Gasteiger partial charge in [-0.2, -0.15) is 5.26 Å². The standard InChI is InChI=1S/C19H19N5/c20-12-14-17-19(23-16-9-5-4-8-15(16)22-17)24(18(14)21)11-10-13-6-2-1-3-7-13/h4-6,8-9H,1-3,7,10-11,21H2. The number of fused-ring (bicyclic) bond motifs is 2. The lowest BCUT2D eigenvalue weighted by atomic mass is 9.97. The third kappa shape index (κ3) is 2.41. The van der Waals surface area contributed by atoms with Gasteiger partial charge in [-0.05, 0) is 44.2 Å². The van der Waals surface area contributed by atoms with Crippen LogP contribution < -0.4 is 5.73 Å². The Hall–Kier alpha value is -2.87. The van der Waals surface area contributed by atoms with Crippen molar-refractivity contribution in [2.24, 2.45) is 0 Å². The molecule has 5 nitrogen and oxygen atoms in total. The highest BCUT2D eigenvalue weighted by Crippen LogP contribution is 2.29. The van der Waals surface area contributed by atoms with Crippen molar-refractivity contribution in [3.05, 3.63) is 41.5 Å². The van der Waals surface area contributed by atoms with Gasteiger partial charge in [0, 0.05) is 6.54 Å². The molecule has 2 aromatic heterocycles. The Morgan fingerprint density at radius 3 is 2.67 bits per heavy atom. The van der Waals surface area contributed by atoms with Gasteiger partial charge >= 0.3 is 0 Å². The molecule has 0 atom stereocenters. The minimum absolute atomic E-state index is 0.431. The quantitative estimate of drug-likeness (QED) is 0.742. The number of nitrogens with zero attached hydrogens (tertiary/aromatic N) is 4. The average molecular weight is 317 g/mol. The summed E-state index contributed by atoms with van der Waals surface area (Å²) in [6, 6.07) is 9.90. The highest BCUT2D eigenvalue weighted by molar-refractivity contribution is 5.92. The topological polar surface area (TPSA) is 80.5 Å². The van der Waals surface area contributed by atoms with Crippen molar-refractivity contribution in [3.63, 3.8) is 0 Å². The van der Waals surface area contributed by atoms with Crippen molar-refractivity contribution < 1.29 is 0 Å². The van der Waals surface area contributed by atoms with Crippen molar-refractivity contribution in [3.8, 4) is 6.07 Å². The fraction of sp³-hybridized carbons (Fsp3) is 0.316. The molecule has 0 saturated carbocycles. The number of aryl methyl sites for hydroxylation is 1. The van der Waals surface area contributed by atoms with Crippen LogP contribution in [0, 0.1) is 11.3 Å². The number of hydrogen-bond donors (Lipinski definition) is 1. The number of hydrogen-bond acceptors (Lipinski definition) is 4. The minimum Gasteiger partial charge on any atom is -0.384 e. The van der Waals surface area contributed by atoms with Crippen LogP contribution in [0.15, 0.2) is 35.9 Å². The van der Waals surface area contributed by atoms with Crippen LogP contribution in [0.1, 0.15) is 37.7 Å². The van der Waals surface area contributed by atoms with Gasteiger partial charge in [-0.25, -0.2) is 9.97 Å². The molecule has 0 unspecified atom stereocenters. The summed E-state index contributed by atoms with van der Waals surface area (Å²) in [5.74, 6) is 0.471. The molecule has 1 aliphatic rings. The van der Waals surface area contributed by atoms with Gasteiger partial charge in [0.15, 0.2) is 5.65 Å². The zero-order valence-electron chi connectivity index (χ0n) is 13.5. The Kier molecular flexibility index (Phi) is 3.66. The first-order valence-corrected chi connectivity index (χ1v) is 8.40. The highest BCUT2D eigenvalue weighted by atomic mass is 15.1. The molecule has 24 heavy (non-hydrogen) atoms. The van der Waals surface area contributed by atoms with E-state index in [4.69, 9.17) is 10.7 Å². The van der Waals surface area contributed by atoms with Crippen LogP contribution in [0.2, 0.25) is 0 Å². The van der Waals surface area contributed by atoms with Crippen LogP contribution in [0.5, 0.6) is 0 Å². The average Bonchev–Trinajstić information content (AvgIpc) is 2.89. The van der Waals surface area contributed by atoms with E-state index in [0.29, 0.717) is 22.5 Å². The summed E-state index contributed by atoms with van der Waals surface area (Å²) < 4.78 is 1.95. The van der Waals surface area contributed by atoms with Crippen LogP contribution in [0.3, 0.4) is 0 Å². The second-order valence-corrected chi connectivity index (χ2v) is 6.27. The van der Waals surface area contributed by atoms with Gasteiger partial charge in [0.2, 0.25) is 0 Å². The monoisotopic (exact) mass is 317 g/mol. The first-order chi connectivity index (χ1) is 11.8. The number of allylic oxidation sites excluding steroid dienone is 2. The number of anilines is 1. The zero-order chi connectivity index (χ0) is 16.5. The zero-order valence-corrected chi connectivity index (χ0v) is 13.5. The summed E-state index contributed by atoms with van der Waals surface area (Å²) in [5.41, 5.74) is 11.1. The molecule has 1 aromatic carbocycles. The maximum atomic E-state index is 9.50. The second-order valence-electron chi connectivity index (χ2n) is 6.27. The van der Waals surface area contributed by atoms with E-state index in [2.05, 4.69) is 17.1 Å². The van der Waals surface area contributed by atoms with E-state index in [1.165, 1.54) is 31.3 Å². The van der Waals surface area contributed by atoms with E-state index in [9.17, 15) is 5.26 Å². The molecule has 0 saturated heterocycles. The van der Waals surface area contributed by atoms with Crippen molar-refractivity contribution in [2.45, 2.75) is 38.6 Å². The van der Waals surface area contributed by atoms with E-state index in [-0.39, 0.29) is 0 Å². The van der Waals surface area contributed by atoms with Gasteiger partial charge in [-0.15, -0.1) is 0 Å². The lowest BCUT2D eigenvalue weighted by Crippen LogP contribution is -2.06. The van der Waals surface area contributed by atoms with Gasteiger partial charge < -0.3 is 10.3 Å². The summed E-state index contributed by atoms with van der Waals surface area (Å²) >= 11 is 0. The van der Waals surface area contributed by atoms with E-state index >= 15 is 0 Å². The van der Waals surface area contributed by atoms with Gasteiger partial charge in [-0.1, -0.05) is 23.8 Å². The fourth-order valence-electron chi connectivity index (χ4n) is 3.44. The van der Waals surface area contributed by atoms with E-state index in [1.54, 1.807) is 0 Å². The number of benzene rings is 1. The predicted octanol–water partition coefficient (Wildman–Crippen LogP) is 3.93. The second kappa shape index (κ2) is 5.97. The predicted molar refractivity (Wildman–Crippen MR) is 95.3 cm³/mol. The molecule has 3 aromatic rings. The SMILES string of the molecule is N#Cc1c(N)n(CCC2=CCCCC2)c2nc3ccccc3nc12. The molecule has 120 valence electrons. The van der Waals surface area contributed by atoms with Gasteiger partial charge in [0.05, 0.1) is 11.0 Å². The van der Waals surface area contributed by atoms with Crippen molar-refractivity contribution in [1.29, 1.82) is 5.26 Å². The Bertz CT molecular complexity index is 990. The number of nitrogens with two attached hydrogens (primary N) is 1. The van der Waals surface area contributed by atoms with Crippen molar-refractivity contribution >= 4 is 28.0 Å². The van der Waals surface area contributed by atoms with Crippen LogP contribution in [0.25, 0.3) is 22.2 Å². The fourth-order valence-corrected chi connectivity index (χ4v) is 3.44. The summed E-state index contributed by atoms with van der Waals surface area (Å²) in [7, 11) is 0. The molecule has 0 aliphatic heterocycles. The lowest BCUT2D eigenvalue weighted by molar-refractivity contribution is 0.636. The molecule has 0 bridgehead atoms. The third-order valence-electron chi connectivity index (χ3n) is 4.74. The molecular weight excluding hydrogens is 298 g/mol. The Labute approximate surface area is 140 Å². The molecule has 0 spiro atoms. The molecule has 0 radical (unpaired) electrons. The Morgan fingerprint density at radius 1 is 1.17 bits per heavy atom. The van der Waals surface area contributed by atoms with Crippen LogP contribution in [0.4, 0.5) is 5.82 Å². The first-order valence-electron chi connectivity index (χ1n) is 8.40. The Balaban J connectivity index is 1.81. The number of nitrogen functional groups attached to an aromatic ring is 1. The minimum atomic E-state index is 0.431. The largest absolute Gasteiger partial charge is 0.384 e. The molecule has 0 fully saturated rings. The lowest BCUT2D eigenvalue weighted by Gasteiger charge is -2.14. The van der Waals surface area contributed by atoms with E-state index in [0.717, 1.165) is 24.0 Å². The van der Waals surface area contributed by atoms with Crippen molar-refractivity contribution in [1.82, 2.24) is 14.5 Å². The molecule has 4 rings (SSSR count). The van der Waals surface area contributed by atoms with Crippen molar-refractivity contribution in [2.75, 3.05) is 5.73 Å². The van der Waals surface area contributed by atoms with Gasteiger partial charge in [0.25, 0.3) is 0 Å². The maximum Gasteiger partial charge on any atom is 0.162 e. The third-order valence-corrected chi connectivity index (χ3v) is 4.74. The Morgan fingerprint density at radius 2 is 1.96 bits per heavy atom. The smallest absolute Gasteiger partial charge is 0.162 e. The molecule has 5 heteroatoms. The number of rotatable bonds is 3. The maximum absolute atomic E-state index is 9.50. The number of aromatic nitrogens is 3. The first kappa shape index (κ1) is 14.7. The van der Waals surface area contributed by atoms with Crippen LogP contribution >= 0.6 is 0 Å². The highest BCUT2D eigenvalue weighted by Gasteiger charge is 2.18. The normalized spacial score (nSPS) is 14.7. The summed E-state index contributed by atoms with van der Waals surface area (Å²) in [4.78, 5) is 9.35. The molecule has 2 N–H and O–H groups in total. The number of para-hydroxylation sites is 2. The van der Waals surface area contributed by atoms with E-state index in [1.807, 2.05) is 28.8 Å². The summed E-state index contributed by atoms with van der Waals surface area (Å²) in [6.45, 7) is 0.739. The van der Waals surface area contributed by atoms with Gasteiger partial charge in [-0.3, -0.25) is 0 Å². The molecule has 0 amide bonds. The summed E-state index contributed by atoms with van der Waals surface area (Å²) in [5, 5.41) is 9.50. The molecule has 1 aliphatic carbocycles. The van der Waals surface area contributed by atoms with E-state index < -0.39 is 0 Å². The molecule has 2 heterocycles. The van der Waals surface area contributed by atoms with Crippen LogP contribution in [-0.4, -0.2) is 14.5 Å².